The zero-order valence-corrected chi connectivity index (χ0v) is 15.3. The molecule has 1 aromatic heterocycles. The fourth-order valence-corrected chi connectivity index (χ4v) is 3.19. The quantitative estimate of drug-likeness (QED) is 0.787. The third kappa shape index (κ3) is 4.79. The molecular weight excluding hydrogens is 348 g/mol. The summed E-state index contributed by atoms with van der Waals surface area (Å²) in [4.78, 5) is 29.1. The summed E-state index contributed by atoms with van der Waals surface area (Å²) in [6.45, 7) is 5.33. The molecule has 1 amide bonds. The number of nitrogens with one attached hydrogen (secondary N) is 1. The second-order valence-corrected chi connectivity index (χ2v) is 6.82. The maximum absolute atomic E-state index is 12.5. The standard InChI is InChI=1S/C17H19ClN2O3S/c1-10(2)23-15(21)8-14(12-6-4-5-7-13(12)18)20-17(22)16-11(3)19-9-24-16/h4-7,9-10,14H,8H2,1-3H3,(H,20,22)/t14-/m0/s1. The fraction of sp³-hybridized carbons (Fsp3) is 0.353. The van der Waals surface area contributed by atoms with Crippen molar-refractivity contribution < 1.29 is 14.3 Å². The minimum Gasteiger partial charge on any atom is -0.463 e. The molecule has 7 heteroatoms. The van der Waals surface area contributed by atoms with Gasteiger partial charge in [-0.15, -0.1) is 11.3 Å². The zero-order valence-electron chi connectivity index (χ0n) is 13.7. The summed E-state index contributed by atoms with van der Waals surface area (Å²) in [6.07, 6.45) is -0.213. The molecule has 0 saturated carbocycles. The molecule has 0 bridgehead atoms. The fourth-order valence-electron chi connectivity index (χ4n) is 2.22. The van der Waals surface area contributed by atoms with Crippen LogP contribution in [-0.2, 0) is 9.53 Å². The monoisotopic (exact) mass is 366 g/mol. The number of ether oxygens (including phenoxy) is 1. The molecule has 24 heavy (non-hydrogen) atoms. The van der Waals surface area contributed by atoms with Crippen molar-refractivity contribution in [3.8, 4) is 0 Å². The van der Waals surface area contributed by atoms with Gasteiger partial charge in [-0.1, -0.05) is 29.8 Å². The van der Waals surface area contributed by atoms with Crippen molar-refractivity contribution in [1.82, 2.24) is 10.3 Å². The Balaban J connectivity index is 2.23. The van der Waals surface area contributed by atoms with E-state index in [2.05, 4.69) is 10.3 Å². The van der Waals surface area contributed by atoms with Crippen LogP contribution < -0.4 is 5.32 Å². The highest BCUT2D eigenvalue weighted by Crippen LogP contribution is 2.26. The van der Waals surface area contributed by atoms with E-state index < -0.39 is 12.0 Å². The lowest BCUT2D eigenvalue weighted by atomic mass is 10.0. The smallest absolute Gasteiger partial charge is 0.308 e. The number of carbonyl (C=O) groups is 2. The zero-order chi connectivity index (χ0) is 17.7. The Bertz CT molecular complexity index is 730. The molecular formula is C17H19ClN2O3S. The number of carbonyl (C=O) groups excluding carboxylic acids is 2. The van der Waals surface area contributed by atoms with Gasteiger partial charge in [0.15, 0.2) is 0 Å². The van der Waals surface area contributed by atoms with Gasteiger partial charge in [0, 0.05) is 5.02 Å². The molecule has 0 spiro atoms. The average molecular weight is 367 g/mol. The topological polar surface area (TPSA) is 68.3 Å². The minimum absolute atomic E-state index is 0.00546. The molecule has 1 N–H and O–H groups in total. The van der Waals surface area contributed by atoms with E-state index in [1.54, 1.807) is 44.5 Å². The maximum Gasteiger partial charge on any atom is 0.308 e. The van der Waals surface area contributed by atoms with E-state index in [-0.39, 0.29) is 18.4 Å². The van der Waals surface area contributed by atoms with E-state index in [0.717, 1.165) is 0 Å². The first kappa shape index (κ1) is 18.4. The van der Waals surface area contributed by atoms with E-state index in [1.165, 1.54) is 11.3 Å². The maximum atomic E-state index is 12.5. The Morgan fingerprint density at radius 2 is 2.04 bits per heavy atom. The number of benzene rings is 1. The van der Waals surface area contributed by atoms with Gasteiger partial charge in [0.05, 0.1) is 29.8 Å². The molecule has 1 heterocycles. The number of nitrogens with zero attached hydrogens (tertiary/aromatic N) is 1. The molecule has 0 aliphatic rings. The highest BCUT2D eigenvalue weighted by atomic mass is 35.5. The van der Waals surface area contributed by atoms with Crippen molar-refractivity contribution in [2.24, 2.45) is 0 Å². The number of thiazole rings is 1. The Morgan fingerprint density at radius 1 is 1.33 bits per heavy atom. The van der Waals surface area contributed by atoms with Crippen molar-refractivity contribution in [1.29, 1.82) is 0 Å². The third-order valence-corrected chi connectivity index (χ3v) is 4.55. The van der Waals surface area contributed by atoms with Crippen molar-refractivity contribution in [2.45, 2.75) is 39.3 Å². The average Bonchev–Trinajstić information content (AvgIpc) is 2.92. The summed E-state index contributed by atoms with van der Waals surface area (Å²) in [5.74, 6) is -0.673. The first-order valence-corrected chi connectivity index (χ1v) is 8.79. The van der Waals surface area contributed by atoms with Crippen LogP contribution >= 0.6 is 22.9 Å². The van der Waals surface area contributed by atoms with E-state index in [9.17, 15) is 9.59 Å². The number of esters is 1. The first-order chi connectivity index (χ1) is 11.4. The van der Waals surface area contributed by atoms with Crippen molar-refractivity contribution in [3.05, 3.63) is 50.9 Å². The molecule has 1 atom stereocenters. The van der Waals surface area contributed by atoms with Crippen LogP contribution in [-0.4, -0.2) is 23.0 Å². The lowest BCUT2D eigenvalue weighted by Crippen LogP contribution is -2.31. The van der Waals surface area contributed by atoms with Crippen LogP contribution in [0.4, 0.5) is 0 Å². The predicted molar refractivity (Wildman–Crippen MR) is 94.4 cm³/mol. The van der Waals surface area contributed by atoms with Gasteiger partial charge in [-0.2, -0.15) is 0 Å². The normalized spacial score (nSPS) is 12.0. The highest BCUT2D eigenvalue weighted by Gasteiger charge is 2.23. The van der Waals surface area contributed by atoms with Gasteiger partial charge < -0.3 is 10.1 Å². The van der Waals surface area contributed by atoms with E-state index in [4.69, 9.17) is 16.3 Å². The van der Waals surface area contributed by atoms with Gasteiger partial charge in [-0.3, -0.25) is 9.59 Å². The van der Waals surface area contributed by atoms with Crippen LogP contribution in [0, 0.1) is 6.92 Å². The van der Waals surface area contributed by atoms with E-state index >= 15 is 0 Å². The highest BCUT2D eigenvalue weighted by molar-refractivity contribution is 7.11. The largest absolute Gasteiger partial charge is 0.463 e. The second-order valence-electron chi connectivity index (χ2n) is 5.56. The molecule has 128 valence electrons. The van der Waals surface area contributed by atoms with E-state index in [0.29, 0.717) is 21.2 Å². The van der Waals surface area contributed by atoms with Gasteiger partial charge in [0.25, 0.3) is 5.91 Å². The van der Waals surface area contributed by atoms with Crippen LogP contribution in [0.25, 0.3) is 0 Å². The SMILES string of the molecule is Cc1ncsc1C(=O)N[C@@H](CC(=O)OC(C)C)c1ccccc1Cl. The summed E-state index contributed by atoms with van der Waals surface area (Å²) >= 11 is 7.49. The molecule has 5 nitrogen and oxygen atoms in total. The summed E-state index contributed by atoms with van der Waals surface area (Å²) in [5.41, 5.74) is 2.94. The predicted octanol–water partition coefficient (Wildman–Crippen LogP) is 3.92. The van der Waals surface area contributed by atoms with Crippen LogP contribution in [0.3, 0.4) is 0 Å². The Kier molecular flexibility index (Phi) is 6.34. The van der Waals surface area contributed by atoms with Gasteiger partial charge >= 0.3 is 5.97 Å². The number of rotatable bonds is 6. The second kappa shape index (κ2) is 8.26. The van der Waals surface area contributed by atoms with Crippen molar-refractivity contribution >= 4 is 34.8 Å². The van der Waals surface area contributed by atoms with Crippen LogP contribution in [0.2, 0.25) is 5.02 Å². The molecule has 2 rings (SSSR count). The lowest BCUT2D eigenvalue weighted by Gasteiger charge is -2.20. The third-order valence-electron chi connectivity index (χ3n) is 3.28. The summed E-state index contributed by atoms with van der Waals surface area (Å²) in [5, 5.41) is 3.35. The lowest BCUT2D eigenvalue weighted by molar-refractivity contribution is -0.147. The molecule has 0 unspecified atom stereocenters. The van der Waals surface area contributed by atoms with Gasteiger partial charge in [0.2, 0.25) is 0 Å². The minimum atomic E-state index is -0.570. The number of aromatic nitrogens is 1. The van der Waals surface area contributed by atoms with Crippen molar-refractivity contribution in [2.75, 3.05) is 0 Å². The summed E-state index contributed by atoms with van der Waals surface area (Å²) in [7, 11) is 0. The number of amides is 1. The number of aryl methyl sites for hydroxylation is 1. The molecule has 2 aromatic rings. The Hall–Kier alpha value is -1.92. The molecule has 0 fully saturated rings. The molecule has 0 aliphatic heterocycles. The number of hydrogen-bond acceptors (Lipinski definition) is 5. The molecule has 0 saturated heterocycles. The van der Waals surface area contributed by atoms with Crippen LogP contribution in [0.1, 0.15) is 47.2 Å². The Labute approximate surface area is 150 Å². The summed E-state index contributed by atoms with van der Waals surface area (Å²) < 4.78 is 5.20. The van der Waals surface area contributed by atoms with Crippen molar-refractivity contribution in [3.63, 3.8) is 0 Å². The van der Waals surface area contributed by atoms with Gasteiger partial charge in [-0.25, -0.2) is 4.98 Å². The van der Waals surface area contributed by atoms with Gasteiger partial charge in [0.1, 0.15) is 4.88 Å². The first-order valence-electron chi connectivity index (χ1n) is 7.53. The molecule has 0 radical (unpaired) electrons. The molecule has 1 aromatic carbocycles. The van der Waals surface area contributed by atoms with Gasteiger partial charge in [-0.05, 0) is 32.4 Å². The number of halogens is 1. The molecule has 0 aliphatic carbocycles. The number of hydrogen-bond donors (Lipinski definition) is 1. The van der Waals surface area contributed by atoms with Crippen LogP contribution in [0.15, 0.2) is 29.8 Å². The summed E-state index contributed by atoms with van der Waals surface area (Å²) in [6, 6.07) is 6.55. The Morgan fingerprint density at radius 3 is 2.62 bits per heavy atom. The van der Waals surface area contributed by atoms with Crippen LogP contribution in [0.5, 0.6) is 0 Å². The van der Waals surface area contributed by atoms with E-state index in [1.807, 2.05) is 6.07 Å².